The summed E-state index contributed by atoms with van der Waals surface area (Å²) in [7, 11) is 0. The number of hydrogen-bond acceptors (Lipinski definition) is 6. The Hall–Kier alpha value is -3.03. The quantitative estimate of drug-likeness (QED) is 0.537. The molecular weight excluding hydrogens is 354 g/mol. The molecule has 2 N–H and O–H groups in total. The number of fused-ring (bicyclic) bond motifs is 1. The van der Waals surface area contributed by atoms with Crippen LogP contribution in [0, 0.1) is 5.41 Å². The molecule has 28 heavy (non-hydrogen) atoms. The van der Waals surface area contributed by atoms with E-state index in [2.05, 4.69) is 62.2 Å². The summed E-state index contributed by atoms with van der Waals surface area (Å²) in [4.78, 5) is 24.4. The first-order valence-corrected chi connectivity index (χ1v) is 9.36. The number of nitrogens with one attached hydrogen (secondary N) is 1. The van der Waals surface area contributed by atoms with E-state index >= 15 is 0 Å². The molecule has 0 atom stereocenters. The fourth-order valence-corrected chi connectivity index (χ4v) is 4.38. The Morgan fingerprint density at radius 3 is 2.46 bits per heavy atom. The summed E-state index contributed by atoms with van der Waals surface area (Å²) in [6, 6.07) is 15.2. The van der Waals surface area contributed by atoms with Gasteiger partial charge in [0.2, 0.25) is 5.95 Å². The molecular formula is C21H21N5O2. The molecule has 2 aliphatic heterocycles. The maximum absolute atomic E-state index is 11.3. The maximum Gasteiger partial charge on any atom is 0.277 e. The molecule has 2 saturated heterocycles. The lowest BCUT2D eigenvalue weighted by Gasteiger charge is -2.60. The van der Waals surface area contributed by atoms with Gasteiger partial charge in [-0.2, -0.15) is 0 Å². The van der Waals surface area contributed by atoms with Gasteiger partial charge in [-0.25, -0.2) is 15.4 Å². The van der Waals surface area contributed by atoms with Crippen molar-refractivity contribution in [3.63, 3.8) is 0 Å². The predicted octanol–water partition coefficient (Wildman–Crippen LogP) is 2.07. The smallest absolute Gasteiger partial charge is 0.277 e. The predicted molar refractivity (Wildman–Crippen MR) is 105 cm³/mol. The molecule has 7 nitrogen and oxygen atoms in total. The van der Waals surface area contributed by atoms with Gasteiger partial charge < -0.3 is 4.90 Å². The van der Waals surface area contributed by atoms with Gasteiger partial charge in [0.25, 0.3) is 5.91 Å². The Balaban J connectivity index is 1.16. The van der Waals surface area contributed by atoms with E-state index in [9.17, 15) is 4.79 Å². The second-order valence-corrected chi connectivity index (χ2v) is 7.90. The summed E-state index contributed by atoms with van der Waals surface area (Å²) >= 11 is 0. The summed E-state index contributed by atoms with van der Waals surface area (Å²) in [6.45, 7) is 5.02. The number of hydroxylamine groups is 1. The van der Waals surface area contributed by atoms with Crippen LogP contribution in [-0.4, -0.2) is 52.2 Å². The van der Waals surface area contributed by atoms with E-state index in [1.807, 2.05) is 0 Å². The van der Waals surface area contributed by atoms with Crippen LogP contribution in [0.5, 0.6) is 0 Å². The van der Waals surface area contributed by atoms with E-state index in [0.29, 0.717) is 11.4 Å². The fourth-order valence-electron chi connectivity index (χ4n) is 4.38. The van der Waals surface area contributed by atoms with Crippen LogP contribution >= 0.6 is 0 Å². The van der Waals surface area contributed by atoms with Crippen LogP contribution in [0.1, 0.15) is 15.9 Å². The summed E-state index contributed by atoms with van der Waals surface area (Å²) in [5.41, 5.74) is 3.52. The molecule has 142 valence electrons. The monoisotopic (exact) mass is 375 g/mol. The molecule has 2 fully saturated rings. The highest BCUT2D eigenvalue weighted by molar-refractivity contribution is 5.92. The lowest BCUT2D eigenvalue weighted by molar-refractivity contribution is -0.0280. The number of carbonyl (C=O) groups is 1. The van der Waals surface area contributed by atoms with Gasteiger partial charge in [0, 0.05) is 50.5 Å². The summed E-state index contributed by atoms with van der Waals surface area (Å²) in [5.74, 6) is 0.0306. The zero-order chi connectivity index (χ0) is 19.1. The number of nitrogens with zero attached hydrogens (tertiary/aromatic N) is 4. The lowest BCUT2D eigenvalue weighted by Crippen LogP contribution is -2.72. The minimum absolute atomic E-state index is 0.242. The number of hydrogen-bond donors (Lipinski definition) is 2. The summed E-state index contributed by atoms with van der Waals surface area (Å²) in [6.07, 6.45) is 2.87. The normalized spacial score (nSPS) is 18.0. The van der Waals surface area contributed by atoms with Gasteiger partial charge in [-0.15, -0.1) is 0 Å². The number of benzene rings is 2. The SMILES string of the molecule is O=C(NO)c1cnc(N2CC3(CN(Cc4ccc5ccccc5c4)C3)C2)nc1. The molecule has 0 saturated carbocycles. The summed E-state index contributed by atoms with van der Waals surface area (Å²) < 4.78 is 0. The number of anilines is 1. The molecule has 0 unspecified atom stereocenters. The van der Waals surface area contributed by atoms with Crippen molar-refractivity contribution in [2.45, 2.75) is 6.54 Å². The van der Waals surface area contributed by atoms with Crippen molar-refractivity contribution in [3.05, 3.63) is 66.0 Å². The number of rotatable bonds is 4. The summed E-state index contributed by atoms with van der Waals surface area (Å²) in [5, 5.41) is 11.2. The molecule has 1 spiro atoms. The number of likely N-dealkylation sites (tertiary alicyclic amines) is 1. The second-order valence-electron chi connectivity index (χ2n) is 7.90. The minimum Gasteiger partial charge on any atom is -0.339 e. The van der Waals surface area contributed by atoms with Crippen molar-refractivity contribution >= 4 is 22.6 Å². The second kappa shape index (κ2) is 6.54. The molecule has 0 radical (unpaired) electrons. The molecule has 3 heterocycles. The Bertz CT molecular complexity index is 1020. The van der Waals surface area contributed by atoms with Gasteiger partial charge in [-0.1, -0.05) is 36.4 Å². The van der Waals surface area contributed by atoms with Crippen LogP contribution in [0.3, 0.4) is 0 Å². The van der Waals surface area contributed by atoms with E-state index < -0.39 is 5.91 Å². The van der Waals surface area contributed by atoms with Crippen LogP contribution < -0.4 is 10.4 Å². The fraction of sp³-hybridized carbons (Fsp3) is 0.286. The van der Waals surface area contributed by atoms with Crippen molar-refractivity contribution in [1.29, 1.82) is 0 Å². The van der Waals surface area contributed by atoms with Crippen LogP contribution in [0.25, 0.3) is 10.8 Å². The third kappa shape index (κ3) is 2.98. The lowest BCUT2D eigenvalue weighted by atomic mass is 9.73. The van der Waals surface area contributed by atoms with Crippen molar-refractivity contribution in [3.8, 4) is 0 Å². The van der Waals surface area contributed by atoms with Gasteiger partial charge >= 0.3 is 0 Å². The molecule has 7 heteroatoms. The van der Waals surface area contributed by atoms with Gasteiger partial charge in [-0.3, -0.25) is 14.9 Å². The van der Waals surface area contributed by atoms with Crippen molar-refractivity contribution < 1.29 is 10.0 Å². The molecule has 1 aromatic heterocycles. The highest BCUT2D eigenvalue weighted by Gasteiger charge is 2.52. The third-order valence-corrected chi connectivity index (χ3v) is 5.68. The number of carbonyl (C=O) groups excluding carboxylic acids is 1. The minimum atomic E-state index is -0.602. The van der Waals surface area contributed by atoms with Gasteiger partial charge in [0.15, 0.2) is 0 Å². The first-order valence-electron chi connectivity index (χ1n) is 9.36. The Labute approximate surface area is 162 Å². The zero-order valence-corrected chi connectivity index (χ0v) is 15.4. The van der Waals surface area contributed by atoms with Crippen LogP contribution in [0.15, 0.2) is 54.9 Å². The molecule has 0 aliphatic carbocycles. The molecule has 5 rings (SSSR count). The molecule has 3 aromatic rings. The standard InChI is InChI=1S/C21H21N5O2/c27-19(24-28)18-8-22-20(23-9-18)26-13-21(14-26)11-25(12-21)10-15-5-6-16-3-1-2-4-17(16)7-15/h1-9,28H,10-14H2,(H,24,27). The number of aromatic nitrogens is 2. The van der Waals surface area contributed by atoms with E-state index in [4.69, 9.17) is 5.21 Å². The van der Waals surface area contributed by atoms with Crippen LogP contribution in [0.2, 0.25) is 0 Å². The van der Waals surface area contributed by atoms with E-state index in [1.165, 1.54) is 28.7 Å². The highest BCUT2D eigenvalue weighted by atomic mass is 16.5. The highest BCUT2D eigenvalue weighted by Crippen LogP contribution is 2.41. The first-order chi connectivity index (χ1) is 13.6. The van der Waals surface area contributed by atoms with Gasteiger partial charge in [0.05, 0.1) is 5.56 Å². The van der Waals surface area contributed by atoms with Crippen LogP contribution in [0.4, 0.5) is 5.95 Å². The zero-order valence-electron chi connectivity index (χ0n) is 15.4. The largest absolute Gasteiger partial charge is 0.339 e. The first kappa shape index (κ1) is 17.1. The molecule has 2 aliphatic rings. The van der Waals surface area contributed by atoms with Gasteiger partial charge in [-0.05, 0) is 22.4 Å². The third-order valence-electron chi connectivity index (χ3n) is 5.68. The Kier molecular flexibility index (Phi) is 3.99. The average Bonchev–Trinajstić information content (AvgIpc) is 2.68. The molecule has 1 amide bonds. The van der Waals surface area contributed by atoms with Crippen molar-refractivity contribution in [2.24, 2.45) is 5.41 Å². The average molecular weight is 375 g/mol. The van der Waals surface area contributed by atoms with Crippen molar-refractivity contribution in [2.75, 3.05) is 31.1 Å². The van der Waals surface area contributed by atoms with E-state index in [-0.39, 0.29) is 5.56 Å². The van der Waals surface area contributed by atoms with Crippen LogP contribution in [-0.2, 0) is 6.54 Å². The maximum atomic E-state index is 11.3. The molecule has 0 bridgehead atoms. The molecule has 2 aromatic carbocycles. The van der Waals surface area contributed by atoms with E-state index in [0.717, 1.165) is 32.7 Å². The number of amides is 1. The Morgan fingerprint density at radius 2 is 1.75 bits per heavy atom. The Morgan fingerprint density at radius 1 is 1.04 bits per heavy atom. The van der Waals surface area contributed by atoms with Crippen molar-refractivity contribution in [1.82, 2.24) is 20.3 Å². The van der Waals surface area contributed by atoms with E-state index in [1.54, 1.807) is 5.48 Å². The topological polar surface area (TPSA) is 81.6 Å². The van der Waals surface area contributed by atoms with Gasteiger partial charge in [0.1, 0.15) is 0 Å².